The number of carbonyl (C=O) groups excluding carboxylic acids is 1. The molecule has 0 aliphatic rings. The van der Waals surface area contributed by atoms with Crippen LogP contribution in [0.25, 0.3) is 0 Å². The lowest BCUT2D eigenvalue weighted by molar-refractivity contribution is -0.131. The summed E-state index contributed by atoms with van der Waals surface area (Å²) in [6, 6.07) is 0. The molecule has 0 rings (SSSR count). The minimum atomic E-state index is -2.06. The van der Waals surface area contributed by atoms with Crippen molar-refractivity contribution in [1.29, 1.82) is 0 Å². The normalized spacial score (nSPS) is 12.4. The van der Waals surface area contributed by atoms with Crippen LogP contribution < -0.4 is 0 Å². The van der Waals surface area contributed by atoms with E-state index in [1.54, 1.807) is 6.92 Å². The van der Waals surface area contributed by atoms with Crippen LogP contribution in [-0.2, 0) is 9.22 Å². The van der Waals surface area contributed by atoms with Crippen LogP contribution in [0.3, 0.4) is 0 Å². The van der Waals surface area contributed by atoms with Crippen molar-refractivity contribution in [2.45, 2.75) is 65.1 Å². The summed E-state index contributed by atoms with van der Waals surface area (Å²) in [6.45, 7) is 18.4. The van der Waals surface area contributed by atoms with E-state index in [4.69, 9.17) is 4.43 Å². The van der Waals surface area contributed by atoms with Gasteiger partial charge in [0.05, 0.1) is 0 Å². The molecule has 94 valence electrons. The summed E-state index contributed by atoms with van der Waals surface area (Å²) >= 11 is 0. The van der Waals surface area contributed by atoms with Crippen molar-refractivity contribution >= 4 is 14.3 Å². The third-order valence-corrected chi connectivity index (χ3v) is 9.28. The minimum absolute atomic E-state index is 0.220. The van der Waals surface area contributed by atoms with Crippen molar-refractivity contribution in [1.82, 2.24) is 0 Å². The van der Waals surface area contributed by atoms with Crippen LogP contribution in [0.4, 0.5) is 0 Å². The lowest BCUT2D eigenvalue weighted by atomic mass is 10.4. The van der Waals surface area contributed by atoms with E-state index < -0.39 is 8.32 Å². The maximum Gasteiger partial charge on any atom is 0.319 e. The zero-order valence-corrected chi connectivity index (χ0v) is 12.8. The summed E-state index contributed by atoms with van der Waals surface area (Å²) in [7, 11) is -2.06. The largest absolute Gasteiger partial charge is 0.515 e. The van der Waals surface area contributed by atoms with Gasteiger partial charge in [0.1, 0.15) is 0 Å². The summed E-state index contributed by atoms with van der Waals surface area (Å²) in [6.07, 6.45) is 0. The maximum atomic E-state index is 11.8. The van der Waals surface area contributed by atoms with Gasteiger partial charge in [-0.3, -0.25) is 0 Å². The van der Waals surface area contributed by atoms with Gasteiger partial charge in [-0.15, -0.1) is 0 Å². The Labute approximate surface area is 101 Å². The van der Waals surface area contributed by atoms with Crippen LogP contribution in [0, 0.1) is 0 Å². The third kappa shape index (κ3) is 2.97. The molecular formula is C13H26O2Si. The Morgan fingerprint density at radius 2 is 1.31 bits per heavy atom. The Kier molecular flexibility index (Phi) is 5.46. The summed E-state index contributed by atoms with van der Waals surface area (Å²) in [5.41, 5.74) is 1.78. The van der Waals surface area contributed by atoms with Gasteiger partial charge in [-0.25, -0.2) is 4.79 Å². The fraction of sp³-hybridized carbons (Fsp3) is 0.769. The molecule has 16 heavy (non-hydrogen) atoms. The second-order valence-electron chi connectivity index (χ2n) is 5.49. The fourth-order valence-electron chi connectivity index (χ4n) is 2.60. The molecule has 0 aromatic heterocycles. The summed E-state index contributed by atoms with van der Waals surface area (Å²) in [5.74, 6) is -0.220. The van der Waals surface area contributed by atoms with Crippen LogP contribution in [0.2, 0.25) is 16.6 Å². The molecule has 0 unspecified atom stereocenters. The molecule has 0 saturated carbocycles. The van der Waals surface area contributed by atoms with Gasteiger partial charge in [0.25, 0.3) is 8.32 Å². The van der Waals surface area contributed by atoms with Gasteiger partial charge in [0.15, 0.2) is 0 Å². The van der Waals surface area contributed by atoms with E-state index in [0.29, 0.717) is 22.2 Å². The molecule has 0 spiro atoms. The molecule has 0 N–H and O–H groups in total. The zero-order valence-electron chi connectivity index (χ0n) is 11.8. The van der Waals surface area contributed by atoms with Crippen LogP contribution in [-0.4, -0.2) is 14.3 Å². The van der Waals surface area contributed by atoms with Gasteiger partial charge in [-0.05, 0) is 23.5 Å². The highest BCUT2D eigenvalue weighted by Crippen LogP contribution is 2.42. The Morgan fingerprint density at radius 1 is 1.00 bits per heavy atom. The van der Waals surface area contributed by atoms with E-state index >= 15 is 0 Å². The monoisotopic (exact) mass is 242 g/mol. The molecule has 0 amide bonds. The Bertz CT molecular complexity index is 245. The molecule has 3 heteroatoms. The first-order chi connectivity index (χ1) is 7.16. The van der Waals surface area contributed by atoms with Gasteiger partial charge in [-0.2, -0.15) is 0 Å². The molecule has 0 atom stereocenters. The number of hydrogen-bond acceptors (Lipinski definition) is 2. The Balaban J connectivity index is 5.21. The molecule has 2 nitrogen and oxygen atoms in total. The maximum absolute atomic E-state index is 11.8. The van der Waals surface area contributed by atoms with Crippen molar-refractivity contribution in [3.63, 3.8) is 0 Å². The quantitative estimate of drug-likeness (QED) is 0.531. The highest BCUT2D eigenvalue weighted by Gasteiger charge is 2.48. The second-order valence-corrected chi connectivity index (χ2v) is 10.9. The average molecular weight is 242 g/mol. The molecule has 0 aromatic rings. The number of hydrogen-bond donors (Lipinski definition) is 0. The van der Waals surface area contributed by atoms with Gasteiger partial charge < -0.3 is 4.43 Å². The number of carbonyl (C=O) groups is 1. The Morgan fingerprint density at radius 3 is 1.50 bits per heavy atom. The van der Waals surface area contributed by atoms with Gasteiger partial charge in [0, 0.05) is 5.57 Å². The van der Waals surface area contributed by atoms with Crippen molar-refractivity contribution in [3.05, 3.63) is 12.2 Å². The predicted octanol–water partition coefficient (Wildman–Crippen LogP) is 4.28. The molecule has 0 bridgehead atoms. The van der Waals surface area contributed by atoms with E-state index in [0.717, 1.165) is 0 Å². The summed E-state index contributed by atoms with van der Waals surface area (Å²) < 4.78 is 5.88. The Hall–Kier alpha value is -0.573. The topological polar surface area (TPSA) is 26.3 Å². The molecule has 0 aliphatic heterocycles. The molecule has 0 aromatic carbocycles. The smallest absolute Gasteiger partial charge is 0.319 e. The molecule has 0 saturated heterocycles. The van der Waals surface area contributed by atoms with Crippen LogP contribution in [0.5, 0.6) is 0 Å². The molecule has 0 fully saturated rings. The van der Waals surface area contributed by atoms with E-state index in [2.05, 4.69) is 48.1 Å². The standard InChI is InChI=1S/C13H26O2Si/c1-9(2)13(14)15-16(10(3)4,11(5)6)12(7)8/h10-12H,1H2,2-8H3. The van der Waals surface area contributed by atoms with E-state index in [1.165, 1.54) is 0 Å². The van der Waals surface area contributed by atoms with E-state index in [9.17, 15) is 4.79 Å². The summed E-state index contributed by atoms with van der Waals surface area (Å²) in [5, 5.41) is 0. The first kappa shape index (κ1) is 15.4. The lowest BCUT2D eigenvalue weighted by Crippen LogP contribution is -2.49. The van der Waals surface area contributed by atoms with E-state index in [1.807, 2.05) is 0 Å². The summed E-state index contributed by atoms with van der Waals surface area (Å²) in [4.78, 5) is 11.8. The molecule has 0 radical (unpaired) electrons. The predicted molar refractivity (Wildman–Crippen MR) is 72.0 cm³/mol. The van der Waals surface area contributed by atoms with Crippen LogP contribution in [0.15, 0.2) is 12.2 Å². The fourth-order valence-corrected chi connectivity index (χ4v) is 7.80. The first-order valence-corrected chi connectivity index (χ1v) is 8.19. The lowest BCUT2D eigenvalue weighted by Gasteiger charge is -2.41. The minimum Gasteiger partial charge on any atom is -0.515 e. The van der Waals surface area contributed by atoms with Gasteiger partial charge >= 0.3 is 5.97 Å². The average Bonchev–Trinajstić information content (AvgIpc) is 2.11. The first-order valence-electron chi connectivity index (χ1n) is 6.05. The van der Waals surface area contributed by atoms with Gasteiger partial charge in [-0.1, -0.05) is 48.1 Å². The third-order valence-electron chi connectivity index (χ3n) is 3.33. The molecule has 0 aliphatic carbocycles. The van der Waals surface area contributed by atoms with Gasteiger partial charge in [0.2, 0.25) is 0 Å². The van der Waals surface area contributed by atoms with Crippen LogP contribution >= 0.6 is 0 Å². The molecule has 0 heterocycles. The zero-order chi connectivity index (χ0) is 13.1. The SMILES string of the molecule is C=C(C)C(=O)O[Si](C(C)C)(C(C)C)C(C)C. The highest BCUT2D eigenvalue weighted by atomic mass is 28.4. The second kappa shape index (κ2) is 5.67. The van der Waals surface area contributed by atoms with Crippen molar-refractivity contribution in [3.8, 4) is 0 Å². The van der Waals surface area contributed by atoms with Crippen molar-refractivity contribution in [2.75, 3.05) is 0 Å². The van der Waals surface area contributed by atoms with Crippen LogP contribution in [0.1, 0.15) is 48.5 Å². The molecular weight excluding hydrogens is 216 g/mol. The highest BCUT2D eigenvalue weighted by molar-refractivity contribution is 6.79. The van der Waals surface area contributed by atoms with Crippen molar-refractivity contribution in [2.24, 2.45) is 0 Å². The van der Waals surface area contributed by atoms with Crippen molar-refractivity contribution < 1.29 is 9.22 Å². The number of rotatable bonds is 5. The van der Waals surface area contributed by atoms with E-state index in [-0.39, 0.29) is 5.97 Å².